The maximum Gasteiger partial charge on any atom is 0.263 e. The third-order valence-corrected chi connectivity index (χ3v) is 4.30. The molecule has 1 saturated carbocycles. The molecular formula is C15H17N3OS. The summed E-state index contributed by atoms with van der Waals surface area (Å²) < 4.78 is 0. The maximum atomic E-state index is 12.0. The molecule has 4 nitrogen and oxygen atoms in total. The first-order valence-electron chi connectivity index (χ1n) is 6.70. The Balaban J connectivity index is 1.64. The summed E-state index contributed by atoms with van der Waals surface area (Å²) >= 11 is 1.41. The number of amides is 1. The fourth-order valence-corrected chi connectivity index (χ4v) is 2.81. The van der Waals surface area contributed by atoms with Crippen LogP contribution in [0.5, 0.6) is 0 Å². The SMILES string of the molecule is Nc1cc(NCc2ccccc2)sc1C(=O)NC1CC1. The van der Waals surface area contributed by atoms with Gasteiger partial charge in [0.05, 0.1) is 10.7 Å². The van der Waals surface area contributed by atoms with Crippen molar-refractivity contribution in [2.75, 3.05) is 11.1 Å². The largest absolute Gasteiger partial charge is 0.397 e. The van der Waals surface area contributed by atoms with Crippen molar-refractivity contribution in [1.82, 2.24) is 5.32 Å². The van der Waals surface area contributed by atoms with E-state index in [1.807, 2.05) is 24.3 Å². The molecule has 20 heavy (non-hydrogen) atoms. The minimum atomic E-state index is -0.0530. The van der Waals surface area contributed by atoms with Crippen LogP contribution in [0.2, 0.25) is 0 Å². The van der Waals surface area contributed by atoms with Crippen LogP contribution in [-0.2, 0) is 6.54 Å². The molecule has 0 atom stereocenters. The van der Waals surface area contributed by atoms with E-state index in [9.17, 15) is 4.79 Å². The van der Waals surface area contributed by atoms with E-state index in [4.69, 9.17) is 5.73 Å². The van der Waals surface area contributed by atoms with Crippen LogP contribution in [0.3, 0.4) is 0 Å². The molecule has 1 aromatic carbocycles. The van der Waals surface area contributed by atoms with Crippen molar-refractivity contribution < 1.29 is 4.79 Å². The van der Waals surface area contributed by atoms with E-state index in [-0.39, 0.29) is 5.91 Å². The Morgan fingerprint density at radius 2 is 2.05 bits per heavy atom. The molecular weight excluding hydrogens is 270 g/mol. The van der Waals surface area contributed by atoms with E-state index >= 15 is 0 Å². The molecule has 0 spiro atoms. The average Bonchev–Trinajstić information content (AvgIpc) is 3.18. The third kappa shape index (κ3) is 3.11. The molecule has 0 aliphatic heterocycles. The van der Waals surface area contributed by atoms with Gasteiger partial charge < -0.3 is 16.4 Å². The summed E-state index contributed by atoms with van der Waals surface area (Å²) in [6.45, 7) is 0.727. The van der Waals surface area contributed by atoms with Gasteiger partial charge in [0, 0.05) is 12.6 Å². The molecule has 0 unspecified atom stereocenters. The standard InChI is InChI=1S/C15H17N3OS/c16-12-8-13(17-9-10-4-2-1-3-5-10)20-14(12)15(19)18-11-6-7-11/h1-5,8,11,17H,6-7,9,16H2,(H,18,19). The predicted molar refractivity (Wildman–Crippen MR) is 83.0 cm³/mol. The van der Waals surface area contributed by atoms with Gasteiger partial charge >= 0.3 is 0 Å². The lowest BCUT2D eigenvalue weighted by molar-refractivity contribution is 0.0956. The van der Waals surface area contributed by atoms with Gasteiger partial charge in [0.1, 0.15) is 4.88 Å². The van der Waals surface area contributed by atoms with Crippen molar-refractivity contribution in [2.24, 2.45) is 0 Å². The summed E-state index contributed by atoms with van der Waals surface area (Å²) in [5, 5.41) is 7.19. The molecule has 1 amide bonds. The minimum absolute atomic E-state index is 0.0530. The monoisotopic (exact) mass is 287 g/mol. The highest BCUT2D eigenvalue weighted by atomic mass is 32.1. The van der Waals surface area contributed by atoms with Gasteiger partial charge in [-0.25, -0.2) is 0 Å². The van der Waals surface area contributed by atoms with Gasteiger partial charge in [0.15, 0.2) is 0 Å². The van der Waals surface area contributed by atoms with Gasteiger partial charge in [-0.15, -0.1) is 11.3 Å². The lowest BCUT2D eigenvalue weighted by atomic mass is 10.2. The Labute approximate surface area is 122 Å². The van der Waals surface area contributed by atoms with Crippen LogP contribution in [-0.4, -0.2) is 11.9 Å². The van der Waals surface area contributed by atoms with Gasteiger partial charge in [-0.05, 0) is 24.5 Å². The van der Waals surface area contributed by atoms with Crippen LogP contribution >= 0.6 is 11.3 Å². The Hall–Kier alpha value is -2.01. The number of nitrogen functional groups attached to an aromatic ring is 1. The van der Waals surface area contributed by atoms with Crippen LogP contribution in [0.15, 0.2) is 36.4 Å². The number of hydrogen-bond acceptors (Lipinski definition) is 4. The quantitative estimate of drug-likeness (QED) is 0.792. The van der Waals surface area contributed by atoms with Crippen LogP contribution < -0.4 is 16.4 Å². The van der Waals surface area contributed by atoms with Crippen LogP contribution in [0.4, 0.5) is 10.7 Å². The van der Waals surface area contributed by atoms with E-state index in [2.05, 4.69) is 22.8 Å². The van der Waals surface area contributed by atoms with Crippen LogP contribution in [0, 0.1) is 0 Å². The van der Waals surface area contributed by atoms with Gasteiger partial charge in [-0.1, -0.05) is 30.3 Å². The van der Waals surface area contributed by atoms with Crippen molar-refractivity contribution >= 4 is 27.9 Å². The fourth-order valence-electron chi connectivity index (χ4n) is 1.93. The third-order valence-electron chi connectivity index (χ3n) is 3.19. The summed E-state index contributed by atoms with van der Waals surface area (Å²) in [5.41, 5.74) is 7.66. The molecule has 2 aromatic rings. The van der Waals surface area contributed by atoms with E-state index < -0.39 is 0 Å². The Morgan fingerprint density at radius 3 is 2.75 bits per heavy atom. The van der Waals surface area contributed by atoms with E-state index in [1.54, 1.807) is 0 Å². The molecule has 4 N–H and O–H groups in total. The number of anilines is 2. The Kier molecular flexibility index (Phi) is 3.60. The van der Waals surface area contributed by atoms with Crippen molar-refractivity contribution in [2.45, 2.75) is 25.4 Å². The normalized spacial score (nSPS) is 14.0. The average molecular weight is 287 g/mol. The molecule has 0 saturated heterocycles. The van der Waals surface area contributed by atoms with Gasteiger partial charge in [0.25, 0.3) is 5.91 Å². The molecule has 1 aromatic heterocycles. The number of nitrogens with one attached hydrogen (secondary N) is 2. The van der Waals surface area contributed by atoms with Crippen molar-refractivity contribution in [3.63, 3.8) is 0 Å². The summed E-state index contributed by atoms with van der Waals surface area (Å²) in [7, 11) is 0. The predicted octanol–water partition coefficient (Wildman–Crippen LogP) is 2.83. The minimum Gasteiger partial charge on any atom is -0.397 e. The smallest absolute Gasteiger partial charge is 0.263 e. The summed E-state index contributed by atoms with van der Waals surface area (Å²) in [4.78, 5) is 12.6. The highest BCUT2D eigenvalue weighted by Gasteiger charge is 2.25. The summed E-state index contributed by atoms with van der Waals surface area (Å²) in [6.07, 6.45) is 2.16. The topological polar surface area (TPSA) is 67.1 Å². The highest BCUT2D eigenvalue weighted by molar-refractivity contribution is 7.18. The molecule has 104 valence electrons. The molecule has 0 bridgehead atoms. The van der Waals surface area contributed by atoms with Gasteiger partial charge in [-0.3, -0.25) is 4.79 Å². The first kappa shape index (κ1) is 13.0. The second kappa shape index (κ2) is 5.54. The molecule has 1 aliphatic carbocycles. The molecule has 1 fully saturated rings. The lowest BCUT2D eigenvalue weighted by Crippen LogP contribution is -2.25. The van der Waals surface area contributed by atoms with E-state index in [0.717, 1.165) is 24.4 Å². The van der Waals surface area contributed by atoms with Crippen LogP contribution in [0.25, 0.3) is 0 Å². The first-order valence-corrected chi connectivity index (χ1v) is 7.52. The zero-order valence-electron chi connectivity index (χ0n) is 11.1. The number of benzene rings is 1. The summed E-state index contributed by atoms with van der Waals surface area (Å²) in [5.74, 6) is -0.0530. The van der Waals surface area contributed by atoms with E-state index in [0.29, 0.717) is 16.6 Å². The van der Waals surface area contributed by atoms with Gasteiger partial charge in [0.2, 0.25) is 0 Å². The number of thiophene rings is 1. The van der Waals surface area contributed by atoms with Crippen LogP contribution in [0.1, 0.15) is 28.1 Å². The lowest BCUT2D eigenvalue weighted by Gasteiger charge is -2.03. The first-order chi connectivity index (χ1) is 9.72. The van der Waals surface area contributed by atoms with Crippen molar-refractivity contribution in [3.05, 3.63) is 46.8 Å². The number of hydrogen-bond donors (Lipinski definition) is 3. The molecule has 5 heteroatoms. The highest BCUT2D eigenvalue weighted by Crippen LogP contribution is 2.30. The molecule has 0 radical (unpaired) electrons. The summed E-state index contributed by atoms with van der Waals surface area (Å²) in [6, 6.07) is 12.3. The molecule has 1 aliphatic rings. The van der Waals surface area contributed by atoms with E-state index in [1.165, 1.54) is 16.9 Å². The molecule has 3 rings (SSSR count). The van der Waals surface area contributed by atoms with Gasteiger partial charge in [-0.2, -0.15) is 0 Å². The number of carbonyl (C=O) groups is 1. The Bertz CT molecular complexity index is 605. The zero-order chi connectivity index (χ0) is 13.9. The second-order valence-corrected chi connectivity index (χ2v) is 6.03. The fraction of sp³-hybridized carbons (Fsp3) is 0.267. The zero-order valence-corrected chi connectivity index (χ0v) is 11.9. The van der Waals surface area contributed by atoms with Crippen molar-refractivity contribution in [1.29, 1.82) is 0 Å². The number of nitrogens with two attached hydrogens (primary N) is 1. The number of carbonyl (C=O) groups excluding carboxylic acids is 1. The second-order valence-electron chi connectivity index (χ2n) is 4.98. The maximum absolute atomic E-state index is 12.0. The van der Waals surface area contributed by atoms with Crippen molar-refractivity contribution in [3.8, 4) is 0 Å². The Morgan fingerprint density at radius 1 is 1.30 bits per heavy atom. The molecule has 1 heterocycles. The number of rotatable bonds is 5.